The van der Waals surface area contributed by atoms with Gasteiger partial charge < -0.3 is 9.64 Å². The Balaban J connectivity index is 2.06. The smallest absolute Gasteiger partial charge is 0.253 e. The van der Waals surface area contributed by atoms with Crippen LogP contribution in [0.4, 0.5) is 0 Å². The lowest BCUT2D eigenvalue weighted by Gasteiger charge is -2.17. The molecule has 0 aliphatic rings. The van der Waals surface area contributed by atoms with Crippen molar-refractivity contribution < 1.29 is 9.53 Å². The molecular formula is C15H16N2O2. The molecule has 0 aliphatic heterocycles. The summed E-state index contributed by atoms with van der Waals surface area (Å²) in [6.07, 6.45) is 3.48. The Morgan fingerprint density at radius 3 is 2.58 bits per heavy atom. The number of hydrogen-bond acceptors (Lipinski definition) is 3. The number of ether oxygens (including phenoxy) is 1. The molecule has 2 aromatic rings. The van der Waals surface area contributed by atoms with Gasteiger partial charge in [0.2, 0.25) is 0 Å². The number of hydrogen-bond donors (Lipinski definition) is 0. The van der Waals surface area contributed by atoms with E-state index < -0.39 is 0 Å². The van der Waals surface area contributed by atoms with E-state index in [1.807, 2.05) is 12.1 Å². The van der Waals surface area contributed by atoms with Crippen LogP contribution < -0.4 is 4.74 Å². The Kier molecular flexibility index (Phi) is 4.13. The van der Waals surface area contributed by atoms with Gasteiger partial charge in [0, 0.05) is 31.5 Å². The zero-order chi connectivity index (χ0) is 13.7. The van der Waals surface area contributed by atoms with Gasteiger partial charge in [0.1, 0.15) is 5.75 Å². The molecule has 0 spiro atoms. The molecule has 0 N–H and O–H groups in total. The lowest BCUT2D eigenvalue weighted by atomic mass is 10.2. The van der Waals surface area contributed by atoms with Crippen LogP contribution in [0.5, 0.6) is 5.75 Å². The number of carbonyl (C=O) groups excluding carboxylic acids is 1. The van der Waals surface area contributed by atoms with Crippen molar-refractivity contribution in [2.45, 2.75) is 6.54 Å². The highest BCUT2D eigenvalue weighted by atomic mass is 16.5. The molecule has 0 atom stereocenters. The van der Waals surface area contributed by atoms with E-state index >= 15 is 0 Å². The molecule has 0 unspecified atom stereocenters. The van der Waals surface area contributed by atoms with Gasteiger partial charge in [0.25, 0.3) is 5.91 Å². The van der Waals surface area contributed by atoms with E-state index in [0.29, 0.717) is 12.1 Å². The molecule has 0 radical (unpaired) electrons. The van der Waals surface area contributed by atoms with Crippen LogP contribution in [-0.4, -0.2) is 29.9 Å². The van der Waals surface area contributed by atoms with E-state index in [2.05, 4.69) is 4.98 Å². The zero-order valence-corrected chi connectivity index (χ0v) is 11.0. The molecule has 19 heavy (non-hydrogen) atoms. The highest BCUT2D eigenvalue weighted by molar-refractivity contribution is 5.94. The zero-order valence-electron chi connectivity index (χ0n) is 11.0. The largest absolute Gasteiger partial charge is 0.497 e. The number of pyridine rings is 1. The Hall–Kier alpha value is -2.36. The van der Waals surface area contributed by atoms with E-state index in [4.69, 9.17) is 4.74 Å². The minimum atomic E-state index is -0.0218. The molecule has 0 saturated carbocycles. The second kappa shape index (κ2) is 6.00. The molecule has 1 aromatic heterocycles. The van der Waals surface area contributed by atoms with Crippen molar-refractivity contribution in [3.05, 3.63) is 59.9 Å². The maximum absolute atomic E-state index is 12.2. The highest BCUT2D eigenvalue weighted by Crippen LogP contribution is 2.13. The first-order valence-corrected chi connectivity index (χ1v) is 5.99. The second-order valence-corrected chi connectivity index (χ2v) is 4.25. The molecular weight excluding hydrogens is 240 g/mol. The lowest BCUT2D eigenvalue weighted by molar-refractivity contribution is 0.0785. The van der Waals surface area contributed by atoms with Gasteiger partial charge in [-0.3, -0.25) is 9.78 Å². The fourth-order valence-electron chi connectivity index (χ4n) is 1.79. The number of nitrogens with zero attached hydrogens (tertiary/aromatic N) is 2. The van der Waals surface area contributed by atoms with Crippen LogP contribution in [0.15, 0.2) is 48.8 Å². The number of carbonyl (C=O) groups is 1. The van der Waals surface area contributed by atoms with E-state index in [0.717, 1.165) is 11.3 Å². The van der Waals surface area contributed by atoms with Crippen LogP contribution in [0.3, 0.4) is 0 Å². The summed E-state index contributed by atoms with van der Waals surface area (Å²) in [4.78, 5) is 17.9. The Labute approximate surface area is 112 Å². The highest BCUT2D eigenvalue weighted by Gasteiger charge is 2.11. The summed E-state index contributed by atoms with van der Waals surface area (Å²) in [5, 5.41) is 0. The predicted molar refractivity (Wildman–Crippen MR) is 73.0 cm³/mol. The summed E-state index contributed by atoms with van der Waals surface area (Å²) in [6, 6.07) is 10.9. The van der Waals surface area contributed by atoms with Gasteiger partial charge in [-0.2, -0.15) is 0 Å². The van der Waals surface area contributed by atoms with Crippen molar-refractivity contribution in [2.75, 3.05) is 14.2 Å². The molecule has 2 rings (SSSR count). The van der Waals surface area contributed by atoms with Crippen molar-refractivity contribution in [2.24, 2.45) is 0 Å². The fraction of sp³-hybridized carbons (Fsp3) is 0.200. The maximum Gasteiger partial charge on any atom is 0.253 e. The van der Waals surface area contributed by atoms with Gasteiger partial charge in [-0.15, -0.1) is 0 Å². The van der Waals surface area contributed by atoms with Crippen molar-refractivity contribution in [1.29, 1.82) is 0 Å². The van der Waals surface area contributed by atoms with E-state index in [9.17, 15) is 4.79 Å². The monoisotopic (exact) mass is 256 g/mol. The Morgan fingerprint density at radius 1 is 1.26 bits per heavy atom. The van der Waals surface area contributed by atoms with Gasteiger partial charge >= 0.3 is 0 Å². The first-order valence-electron chi connectivity index (χ1n) is 5.99. The molecule has 0 aliphatic carbocycles. The van der Waals surface area contributed by atoms with E-state index in [1.54, 1.807) is 55.7 Å². The lowest BCUT2D eigenvalue weighted by Crippen LogP contribution is -2.26. The molecule has 4 heteroatoms. The van der Waals surface area contributed by atoms with Crippen LogP contribution in [0, 0.1) is 0 Å². The van der Waals surface area contributed by atoms with Crippen LogP contribution in [-0.2, 0) is 6.54 Å². The quantitative estimate of drug-likeness (QED) is 0.843. The number of methoxy groups -OCH3 is 1. The summed E-state index contributed by atoms with van der Waals surface area (Å²) in [6.45, 7) is 0.540. The number of aromatic nitrogens is 1. The molecule has 1 amide bonds. The van der Waals surface area contributed by atoms with Crippen LogP contribution >= 0.6 is 0 Å². The standard InChI is InChI=1S/C15H16N2O2/c1-17(11-12-4-3-9-16-10-12)15(18)13-5-7-14(19-2)8-6-13/h3-10H,11H2,1-2H3. The van der Waals surface area contributed by atoms with Crippen LogP contribution in [0.1, 0.15) is 15.9 Å². The van der Waals surface area contributed by atoms with Gasteiger partial charge in [-0.1, -0.05) is 6.07 Å². The van der Waals surface area contributed by atoms with Crippen molar-refractivity contribution in [3.63, 3.8) is 0 Å². The average molecular weight is 256 g/mol. The number of amides is 1. The Bertz CT molecular complexity index is 538. The van der Waals surface area contributed by atoms with Gasteiger partial charge in [-0.05, 0) is 35.9 Å². The van der Waals surface area contributed by atoms with Crippen LogP contribution in [0.25, 0.3) is 0 Å². The molecule has 1 heterocycles. The normalized spacial score (nSPS) is 10.0. The summed E-state index contributed by atoms with van der Waals surface area (Å²) >= 11 is 0. The van der Waals surface area contributed by atoms with Crippen molar-refractivity contribution in [1.82, 2.24) is 9.88 Å². The summed E-state index contributed by atoms with van der Waals surface area (Å²) in [7, 11) is 3.38. The summed E-state index contributed by atoms with van der Waals surface area (Å²) in [5.41, 5.74) is 1.65. The Morgan fingerprint density at radius 2 is 2.00 bits per heavy atom. The molecule has 0 fully saturated rings. The first-order chi connectivity index (χ1) is 9.20. The third-order valence-electron chi connectivity index (χ3n) is 2.83. The third kappa shape index (κ3) is 3.31. The van der Waals surface area contributed by atoms with Gasteiger partial charge in [0.05, 0.1) is 7.11 Å². The molecule has 98 valence electrons. The van der Waals surface area contributed by atoms with E-state index in [-0.39, 0.29) is 5.91 Å². The maximum atomic E-state index is 12.2. The molecule has 1 aromatic carbocycles. The second-order valence-electron chi connectivity index (χ2n) is 4.25. The summed E-state index contributed by atoms with van der Waals surface area (Å²) < 4.78 is 5.07. The van der Waals surface area contributed by atoms with Gasteiger partial charge in [0.15, 0.2) is 0 Å². The predicted octanol–water partition coefficient (Wildman–Crippen LogP) is 2.36. The third-order valence-corrected chi connectivity index (χ3v) is 2.83. The fourth-order valence-corrected chi connectivity index (χ4v) is 1.79. The van der Waals surface area contributed by atoms with Crippen LogP contribution in [0.2, 0.25) is 0 Å². The SMILES string of the molecule is COc1ccc(C(=O)N(C)Cc2cccnc2)cc1. The van der Waals surface area contributed by atoms with Crippen molar-refractivity contribution >= 4 is 5.91 Å². The first kappa shape index (κ1) is 13.1. The minimum absolute atomic E-state index is 0.0218. The minimum Gasteiger partial charge on any atom is -0.497 e. The molecule has 0 bridgehead atoms. The number of benzene rings is 1. The summed E-state index contributed by atoms with van der Waals surface area (Å²) in [5.74, 6) is 0.720. The topological polar surface area (TPSA) is 42.4 Å². The van der Waals surface area contributed by atoms with Crippen molar-refractivity contribution in [3.8, 4) is 5.75 Å². The van der Waals surface area contributed by atoms with Gasteiger partial charge in [-0.25, -0.2) is 0 Å². The number of rotatable bonds is 4. The average Bonchev–Trinajstić information content (AvgIpc) is 2.47. The van der Waals surface area contributed by atoms with E-state index in [1.165, 1.54) is 0 Å². The molecule has 0 saturated heterocycles. The molecule has 4 nitrogen and oxygen atoms in total.